The summed E-state index contributed by atoms with van der Waals surface area (Å²) < 4.78 is 5.77. The first-order chi connectivity index (χ1) is 10.3. The second-order valence-corrected chi connectivity index (χ2v) is 5.24. The summed E-state index contributed by atoms with van der Waals surface area (Å²) in [5.74, 6) is 1.34. The molecule has 0 saturated heterocycles. The van der Waals surface area contributed by atoms with Crippen molar-refractivity contribution in [1.29, 1.82) is 5.26 Å². The van der Waals surface area contributed by atoms with Gasteiger partial charge in [0, 0.05) is 18.0 Å². The van der Waals surface area contributed by atoms with E-state index in [0.29, 0.717) is 18.1 Å². The summed E-state index contributed by atoms with van der Waals surface area (Å²) in [4.78, 5) is 2.18. The highest BCUT2D eigenvalue weighted by Gasteiger charge is 2.17. The standard InChI is InChI=1S/C17H15ClN2O/c18-10-13-5-6-16(15(9-13)11-19)20-7-8-21-17-4-2-1-3-14(17)12-20/h1-6,9H,7-8,10,12H2. The smallest absolute Gasteiger partial charge is 0.124 e. The van der Waals surface area contributed by atoms with E-state index in [9.17, 15) is 5.26 Å². The van der Waals surface area contributed by atoms with Crippen LogP contribution in [0.25, 0.3) is 0 Å². The van der Waals surface area contributed by atoms with Gasteiger partial charge >= 0.3 is 0 Å². The van der Waals surface area contributed by atoms with Gasteiger partial charge in [0.05, 0.1) is 17.8 Å². The Bertz CT molecular complexity index is 693. The van der Waals surface area contributed by atoms with Crippen LogP contribution in [0.1, 0.15) is 16.7 Å². The Morgan fingerprint density at radius 2 is 2.10 bits per heavy atom. The zero-order valence-corrected chi connectivity index (χ0v) is 12.3. The van der Waals surface area contributed by atoms with Gasteiger partial charge in [0.2, 0.25) is 0 Å². The van der Waals surface area contributed by atoms with Crippen LogP contribution in [0.4, 0.5) is 5.69 Å². The maximum Gasteiger partial charge on any atom is 0.124 e. The van der Waals surface area contributed by atoms with E-state index in [-0.39, 0.29) is 0 Å². The Morgan fingerprint density at radius 3 is 2.90 bits per heavy atom. The Morgan fingerprint density at radius 1 is 1.24 bits per heavy atom. The maximum absolute atomic E-state index is 9.38. The van der Waals surface area contributed by atoms with Gasteiger partial charge in [0.25, 0.3) is 0 Å². The van der Waals surface area contributed by atoms with Crippen molar-refractivity contribution in [2.45, 2.75) is 12.4 Å². The summed E-state index contributed by atoms with van der Waals surface area (Å²) in [5.41, 5.74) is 3.70. The van der Waals surface area contributed by atoms with Crippen LogP contribution in [0.5, 0.6) is 5.75 Å². The highest BCUT2D eigenvalue weighted by Crippen LogP contribution is 2.28. The lowest BCUT2D eigenvalue weighted by molar-refractivity contribution is 0.331. The summed E-state index contributed by atoms with van der Waals surface area (Å²) in [6.07, 6.45) is 0. The first kappa shape index (κ1) is 13.8. The van der Waals surface area contributed by atoms with E-state index < -0.39 is 0 Å². The summed E-state index contributed by atoms with van der Waals surface area (Å²) >= 11 is 5.84. The summed E-state index contributed by atoms with van der Waals surface area (Å²) in [5, 5.41) is 9.38. The average molecular weight is 299 g/mol. The quantitative estimate of drug-likeness (QED) is 0.793. The van der Waals surface area contributed by atoms with Crippen molar-refractivity contribution < 1.29 is 4.74 Å². The first-order valence-corrected chi connectivity index (χ1v) is 7.40. The number of fused-ring (bicyclic) bond motifs is 1. The minimum atomic E-state index is 0.418. The average Bonchev–Trinajstić information content (AvgIpc) is 2.76. The van der Waals surface area contributed by atoms with E-state index in [1.165, 1.54) is 0 Å². The van der Waals surface area contributed by atoms with Crippen molar-refractivity contribution in [3.8, 4) is 11.8 Å². The number of alkyl halides is 1. The van der Waals surface area contributed by atoms with Crippen molar-refractivity contribution >= 4 is 17.3 Å². The molecule has 21 heavy (non-hydrogen) atoms. The Kier molecular flexibility index (Phi) is 3.98. The summed E-state index contributed by atoms with van der Waals surface area (Å²) in [6, 6.07) is 16.1. The van der Waals surface area contributed by atoms with Crippen molar-refractivity contribution in [3.63, 3.8) is 0 Å². The summed E-state index contributed by atoms with van der Waals surface area (Å²) in [6.45, 7) is 2.10. The number of hydrogen-bond donors (Lipinski definition) is 0. The predicted octanol–water partition coefficient (Wildman–Crippen LogP) is 3.70. The third-order valence-electron chi connectivity index (χ3n) is 3.63. The SMILES string of the molecule is N#Cc1cc(CCl)ccc1N1CCOc2ccccc2C1. The van der Waals surface area contributed by atoms with Gasteiger partial charge in [-0.25, -0.2) is 0 Å². The number of ether oxygens (including phenoxy) is 1. The molecular weight excluding hydrogens is 284 g/mol. The minimum absolute atomic E-state index is 0.418. The van der Waals surface area contributed by atoms with Crippen LogP contribution in [0.15, 0.2) is 42.5 Å². The molecule has 4 heteroatoms. The number of rotatable bonds is 2. The number of benzene rings is 2. The maximum atomic E-state index is 9.38. The van der Waals surface area contributed by atoms with Gasteiger partial charge in [0.15, 0.2) is 0 Å². The lowest BCUT2D eigenvalue weighted by Crippen LogP contribution is -2.26. The van der Waals surface area contributed by atoms with Crippen LogP contribution in [0.3, 0.4) is 0 Å². The molecule has 0 spiro atoms. The van der Waals surface area contributed by atoms with Crippen LogP contribution < -0.4 is 9.64 Å². The molecule has 0 saturated carbocycles. The molecule has 1 heterocycles. The largest absolute Gasteiger partial charge is 0.491 e. The van der Waals surface area contributed by atoms with E-state index >= 15 is 0 Å². The molecule has 1 aliphatic rings. The number of nitriles is 1. The minimum Gasteiger partial charge on any atom is -0.491 e. The molecule has 0 atom stereocenters. The van der Waals surface area contributed by atoms with Gasteiger partial charge < -0.3 is 9.64 Å². The normalized spacial score (nSPS) is 13.8. The lowest BCUT2D eigenvalue weighted by atomic mass is 10.1. The second-order valence-electron chi connectivity index (χ2n) is 4.97. The molecule has 3 nitrogen and oxygen atoms in total. The highest BCUT2D eigenvalue weighted by molar-refractivity contribution is 6.17. The van der Waals surface area contributed by atoms with E-state index in [1.807, 2.05) is 36.4 Å². The Labute approximate surface area is 129 Å². The molecule has 0 aromatic heterocycles. The van der Waals surface area contributed by atoms with Crippen molar-refractivity contribution in [2.24, 2.45) is 0 Å². The lowest BCUT2D eigenvalue weighted by Gasteiger charge is -2.23. The molecule has 2 aromatic carbocycles. The molecule has 0 radical (unpaired) electrons. The van der Waals surface area contributed by atoms with Crippen LogP contribution in [0.2, 0.25) is 0 Å². The van der Waals surface area contributed by atoms with Crippen LogP contribution in [-0.2, 0) is 12.4 Å². The molecule has 2 aromatic rings. The van der Waals surface area contributed by atoms with E-state index in [4.69, 9.17) is 16.3 Å². The highest BCUT2D eigenvalue weighted by atomic mass is 35.5. The van der Waals surface area contributed by atoms with Gasteiger partial charge in [-0.15, -0.1) is 11.6 Å². The fraction of sp³-hybridized carbons (Fsp3) is 0.235. The fourth-order valence-electron chi connectivity index (χ4n) is 2.56. The monoisotopic (exact) mass is 298 g/mol. The number of hydrogen-bond acceptors (Lipinski definition) is 3. The van der Waals surface area contributed by atoms with Gasteiger partial charge in [-0.05, 0) is 23.8 Å². The number of anilines is 1. The molecule has 106 valence electrons. The predicted molar refractivity (Wildman–Crippen MR) is 83.7 cm³/mol. The topological polar surface area (TPSA) is 36.3 Å². The Hall–Kier alpha value is -2.18. The van der Waals surface area contributed by atoms with Gasteiger partial charge in [0.1, 0.15) is 18.4 Å². The zero-order chi connectivity index (χ0) is 14.7. The molecule has 0 fully saturated rings. The zero-order valence-electron chi connectivity index (χ0n) is 11.6. The van der Waals surface area contributed by atoms with Gasteiger partial charge in [-0.2, -0.15) is 5.26 Å². The van der Waals surface area contributed by atoms with Crippen molar-refractivity contribution in [1.82, 2.24) is 0 Å². The fourth-order valence-corrected chi connectivity index (χ4v) is 2.73. The molecule has 0 bridgehead atoms. The van der Waals surface area contributed by atoms with Crippen LogP contribution >= 0.6 is 11.6 Å². The van der Waals surface area contributed by atoms with E-state index in [1.54, 1.807) is 0 Å². The third kappa shape index (κ3) is 2.81. The molecule has 0 N–H and O–H groups in total. The molecular formula is C17H15ClN2O. The van der Waals surface area contributed by atoms with Gasteiger partial charge in [-0.3, -0.25) is 0 Å². The summed E-state index contributed by atoms with van der Waals surface area (Å²) in [7, 11) is 0. The van der Waals surface area contributed by atoms with Gasteiger partial charge in [-0.1, -0.05) is 24.3 Å². The molecule has 3 rings (SSSR count). The molecule has 1 aliphatic heterocycles. The van der Waals surface area contributed by atoms with Crippen molar-refractivity contribution in [2.75, 3.05) is 18.1 Å². The first-order valence-electron chi connectivity index (χ1n) is 6.86. The number of nitrogens with zero attached hydrogens (tertiary/aromatic N) is 2. The van der Waals surface area contributed by atoms with E-state index in [2.05, 4.69) is 17.0 Å². The number of para-hydroxylation sites is 1. The van der Waals surface area contributed by atoms with E-state index in [0.717, 1.165) is 35.7 Å². The molecule has 0 aliphatic carbocycles. The molecule has 0 unspecified atom stereocenters. The van der Waals surface area contributed by atoms with Crippen LogP contribution in [0, 0.1) is 11.3 Å². The second kappa shape index (κ2) is 6.07. The Balaban J connectivity index is 1.96. The molecule has 0 amide bonds. The number of halogens is 1. The van der Waals surface area contributed by atoms with Crippen molar-refractivity contribution in [3.05, 3.63) is 59.2 Å². The third-order valence-corrected chi connectivity index (χ3v) is 3.94. The van der Waals surface area contributed by atoms with Crippen LogP contribution in [-0.4, -0.2) is 13.2 Å².